The third kappa shape index (κ3) is 3.60. The fourth-order valence-corrected chi connectivity index (χ4v) is 4.61. The molecule has 2 bridgehead atoms. The Kier molecular flexibility index (Phi) is 4.55. The van der Waals surface area contributed by atoms with Crippen LogP contribution in [0.2, 0.25) is 0 Å². The van der Waals surface area contributed by atoms with Crippen molar-refractivity contribution in [2.75, 3.05) is 0 Å². The predicted molar refractivity (Wildman–Crippen MR) is 94.6 cm³/mol. The van der Waals surface area contributed by atoms with Gasteiger partial charge in [-0.25, -0.2) is 0 Å². The van der Waals surface area contributed by atoms with Gasteiger partial charge in [0.25, 0.3) is 0 Å². The van der Waals surface area contributed by atoms with Crippen molar-refractivity contribution in [2.24, 2.45) is 17.8 Å². The summed E-state index contributed by atoms with van der Waals surface area (Å²) >= 11 is 0. The number of carbonyl (C=O) groups is 1. The van der Waals surface area contributed by atoms with Crippen molar-refractivity contribution in [3.05, 3.63) is 36.2 Å². The van der Waals surface area contributed by atoms with Gasteiger partial charge in [0.2, 0.25) is 17.7 Å². The van der Waals surface area contributed by atoms with Crippen LogP contribution in [-0.4, -0.2) is 22.1 Å². The molecule has 2 aliphatic carbocycles. The Morgan fingerprint density at radius 1 is 1.24 bits per heavy atom. The number of nitrogens with zero attached hydrogens (tertiary/aromatic N) is 2. The smallest absolute Gasteiger partial charge is 0.247 e. The first-order valence-corrected chi connectivity index (χ1v) is 9.36. The molecule has 4 rings (SSSR count). The second-order valence-corrected chi connectivity index (χ2v) is 7.56. The molecule has 1 heterocycles. The summed E-state index contributed by atoms with van der Waals surface area (Å²) in [6.07, 6.45) is 6.27. The van der Waals surface area contributed by atoms with Crippen LogP contribution >= 0.6 is 0 Å². The molecule has 4 atom stereocenters. The van der Waals surface area contributed by atoms with Gasteiger partial charge >= 0.3 is 0 Å². The van der Waals surface area contributed by atoms with Crippen LogP contribution in [0.25, 0.3) is 11.5 Å². The van der Waals surface area contributed by atoms with Crippen LogP contribution in [0.5, 0.6) is 0 Å². The molecule has 132 valence electrons. The lowest BCUT2D eigenvalue weighted by Gasteiger charge is -2.28. The van der Waals surface area contributed by atoms with Crippen molar-refractivity contribution in [1.82, 2.24) is 15.5 Å². The zero-order valence-corrected chi connectivity index (χ0v) is 14.6. The summed E-state index contributed by atoms with van der Waals surface area (Å²) < 4.78 is 5.66. The van der Waals surface area contributed by atoms with E-state index < -0.39 is 0 Å². The number of nitrogens with one attached hydrogen (secondary N) is 1. The second-order valence-electron chi connectivity index (χ2n) is 7.56. The molecule has 1 N–H and O–H groups in total. The van der Waals surface area contributed by atoms with Crippen LogP contribution in [0.3, 0.4) is 0 Å². The highest BCUT2D eigenvalue weighted by Crippen LogP contribution is 2.49. The minimum atomic E-state index is 0.0785. The third-order valence-electron chi connectivity index (χ3n) is 5.88. The van der Waals surface area contributed by atoms with E-state index in [1.54, 1.807) is 0 Å². The average Bonchev–Trinajstić information content (AvgIpc) is 3.37. The molecule has 1 amide bonds. The summed E-state index contributed by atoms with van der Waals surface area (Å²) in [6.45, 7) is 2.16. The standard InChI is InChI=1S/C20H25N3O2/c1-13(17-12-14-7-8-16(17)11-14)21-18(24)9-10-19-22-23-20(25-19)15-5-3-2-4-6-15/h2-6,13-14,16-17H,7-12H2,1H3,(H,21,24). The monoisotopic (exact) mass is 339 g/mol. The number of amides is 1. The van der Waals surface area contributed by atoms with Gasteiger partial charge in [-0.3, -0.25) is 4.79 Å². The van der Waals surface area contributed by atoms with Gasteiger partial charge in [-0.1, -0.05) is 24.6 Å². The lowest BCUT2D eigenvalue weighted by Crippen LogP contribution is -2.40. The van der Waals surface area contributed by atoms with Crippen LogP contribution in [0.15, 0.2) is 34.7 Å². The molecule has 0 radical (unpaired) electrons. The molecule has 0 aliphatic heterocycles. The zero-order chi connectivity index (χ0) is 17.2. The molecule has 1 aromatic carbocycles. The molecule has 2 aromatic rings. The molecule has 4 unspecified atom stereocenters. The molecule has 5 nitrogen and oxygen atoms in total. The van der Waals surface area contributed by atoms with Crippen molar-refractivity contribution in [3.63, 3.8) is 0 Å². The SMILES string of the molecule is CC(NC(=O)CCc1nnc(-c2ccccc2)o1)C1CC2CCC1C2. The largest absolute Gasteiger partial charge is 0.421 e. The fraction of sp³-hybridized carbons (Fsp3) is 0.550. The Hall–Kier alpha value is -2.17. The molecule has 2 aliphatic rings. The predicted octanol–water partition coefficient (Wildman–Crippen LogP) is 3.61. The van der Waals surface area contributed by atoms with Crippen LogP contribution in [-0.2, 0) is 11.2 Å². The van der Waals surface area contributed by atoms with Gasteiger partial charge in [0.05, 0.1) is 0 Å². The summed E-state index contributed by atoms with van der Waals surface area (Å²) in [7, 11) is 0. The van der Waals surface area contributed by atoms with Crippen molar-refractivity contribution in [2.45, 2.75) is 51.5 Å². The maximum atomic E-state index is 12.3. The highest BCUT2D eigenvalue weighted by molar-refractivity contribution is 5.76. The van der Waals surface area contributed by atoms with Gasteiger partial charge < -0.3 is 9.73 Å². The second kappa shape index (κ2) is 6.98. The molecular formula is C20H25N3O2. The maximum absolute atomic E-state index is 12.3. The molecule has 2 saturated carbocycles. The normalized spacial score (nSPS) is 25.9. The van der Waals surface area contributed by atoms with E-state index in [2.05, 4.69) is 22.4 Å². The van der Waals surface area contributed by atoms with Gasteiger partial charge in [-0.05, 0) is 56.1 Å². The van der Waals surface area contributed by atoms with E-state index in [4.69, 9.17) is 4.42 Å². The molecule has 0 spiro atoms. The van der Waals surface area contributed by atoms with Gasteiger partial charge in [0.15, 0.2) is 0 Å². The van der Waals surface area contributed by atoms with Crippen molar-refractivity contribution in [1.29, 1.82) is 0 Å². The fourth-order valence-electron chi connectivity index (χ4n) is 4.61. The number of rotatable bonds is 6. The van der Waals surface area contributed by atoms with Gasteiger partial charge in [-0.2, -0.15) is 0 Å². The summed E-state index contributed by atoms with van der Waals surface area (Å²) in [5.74, 6) is 3.49. The highest BCUT2D eigenvalue weighted by atomic mass is 16.4. The van der Waals surface area contributed by atoms with Gasteiger partial charge in [-0.15, -0.1) is 10.2 Å². The van der Waals surface area contributed by atoms with Crippen molar-refractivity contribution >= 4 is 5.91 Å². The molecule has 2 fully saturated rings. The molecule has 5 heteroatoms. The van der Waals surface area contributed by atoms with Gasteiger partial charge in [0.1, 0.15) is 0 Å². The van der Waals surface area contributed by atoms with Crippen LogP contribution < -0.4 is 5.32 Å². The highest BCUT2D eigenvalue weighted by Gasteiger charge is 2.42. The third-order valence-corrected chi connectivity index (χ3v) is 5.88. The molecular weight excluding hydrogens is 314 g/mol. The Bertz CT molecular complexity index is 728. The molecule has 25 heavy (non-hydrogen) atoms. The van der Waals surface area contributed by atoms with E-state index >= 15 is 0 Å². The van der Waals surface area contributed by atoms with E-state index in [-0.39, 0.29) is 11.9 Å². The summed E-state index contributed by atoms with van der Waals surface area (Å²) in [5.41, 5.74) is 0.899. The van der Waals surface area contributed by atoms with Crippen LogP contribution in [0.1, 0.15) is 44.9 Å². The summed E-state index contributed by atoms with van der Waals surface area (Å²) in [6, 6.07) is 9.95. The van der Waals surface area contributed by atoms with Crippen LogP contribution in [0.4, 0.5) is 0 Å². The number of aromatic nitrogens is 2. The van der Waals surface area contributed by atoms with E-state index in [1.165, 1.54) is 25.7 Å². The molecule has 0 saturated heterocycles. The van der Waals surface area contributed by atoms with E-state index in [0.29, 0.717) is 30.5 Å². The maximum Gasteiger partial charge on any atom is 0.247 e. The van der Waals surface area contributed by atoms with Crippen molar-refractivity contribution < 1.29 is 9.21 Å². The van der Waals surface area contributed by atoms with E-state index in [1.807, 2.05) is 30.3 Å². The van der Waals surface area contributed by atoms with Gasteiger partial charge in [0, 0.05) is 24.4 Å². The number of hydrogen-bond donors (Lipinski definition) is 1. The lowest BCUT2D eigenvalue weighted by molar-refractivity contribution is -0.122. The Morgan fingerprint density at radius 3 is 2.80 bits per heavy atom. The molecule has 1 aromatic heterocycles. The zero-order valence-electron chi connectivity index (χ0n) is 14.6. The Morgan fingerprint density at radius 2 is 2.08 bits per heavy atom. The van der Waals surface area contributed by atoms with E-state index in [9.17, 15) is 4.79 Å². The lowest BCUT2D eigenvalue weighted by atomic mass is 9.84. The Labute approximate surface area is 148 Å². The Balaban J connectivity index is 1.27. The minimum Gasteiger partial charge on any atom is -0.421 e. The topological polar surface area (TPSA) is 68.0 Å². The summed E-state index contributed by atoms with van der Waals surface area (Å²) in [5, 5.41) is 11.3. The van der Waals surface area contributed by atoms with Crippen molar-refractivity contribution in [3.8, 4) is 11.5 Å². The minimum absolute atomic E-state index is 0.0785. The average molecular weight is 339 g/mol. The first-order chi connectivity index (χ1) is 12.2. The number of carbonyl (C=O) groups excluding carboxylic acids is 1. The number of benzene rings is 1. The number of hydrogen-bond acceptors (Lipinski definition) is 4. The summed E-state index contributed by atoms with van der Waals surface area (Å²) in [4.78, 5) is 12.3. The number of aryl methyl sites for hydroxylation is 1. The van der Waals surface area contributed by atoms with E-state index in [0.717, 1.165) is 17.4 Å². The first kappa shape index (κ1) is 16.3. The quantitative estimate of drug-likeness (QED) is 0.873. The number of fused-ring (bicyclic) bond motifs is 2. The van der Waals surface area contributed by atoms with Crippen LogP contribution in [0, 0.1) is 17.8 Å². The first-order valence-electron chi connectivity index (χ1n) is 9.36.